The third-order valence-electron chi connectivity index (χ3n) is 5.72. The van der Waals surface area contributed by atoms with Gasteiger partial charge in [-0.3, -0.25) is 0 Å². The van der Waals surface area contributed by atoms with Gasteiger partial charge < -0.3 is 24.8 Å². The molecule has 4 atom stereocenters. The quantitative estimate of drug-likeness (QED) is 0.457. The zero-order valence-corrected chi connectivity index (χ0v) is 17.3. The number of hydrogen-bond donors (Lipinski definition) is 3. The summed E-state index contributed by atoms with van der Waals surface area (Å²) in [6, 6.07) is 19.0. The van der Waals surface area contributed by atoms with Crippen LogP contribution in [0, 0.1) is 11.3 Å². The Morgan fingerprint density at radius 3 is 2.44 bits per heavy atom. The summed E-state index contributed by atoms with van der Waals surface area (Å²) >= 11 is 0. The molecule has 2 aromatic heterocycles. The lowest BCUT2D eigenvalue weighted by molar-refractivity contribution is -0.0295. The third-order valence-corrected chi connectivity index (χ3v) is 5.72. The zero-order chi connectivity index (χ0) is 22.2. The van der Waals surface area contributed by atoms with Crippen molar-refractivity contribution < 1.29 is 14.9 Å². The Morgan fingerprint density at radius 1 is 1.03 bits per heavy atom. The molecule has 0 bridgehead atoms. The molecule has 1 aliphatic heterocycles. The molecular weight excluding hydrogens is 406 g/mol. The van der Waals surface area contributed by atoms with Gasteiger partial charge in [-0.05, 0) is 36.8 Å². The molecule has 0 aliphatic carbocycles. The number of nitrogens with zero attached hydrogens (tertiary/aromatic N) is 4. The summed E-state index contributed by atoms with van der Waals surface area (Å²) in [6.45, 7) is 1.73. The van der Waals surface area contributed by atoms with Gasteiger partial charge in [0.15, 0.2) is 6.23 Å². The minimum absolute atomic E-state index is 0.509. The molecule has 8 heteroatoms. The molecule has 5 rings (SSSR count). The monoisotopic (exact) mass is 427 g/mol. The topological polar surface area (TPSA) is 116 Å². The van der Waals surface area contributed by atoms with Gasteiger partial charge in [-0.15, -0.1) is 0 Å². The number of ether oxygens (including phenoxy) is 1. The molecule has 160 valence electrons. The number of aromatic nitrogens is 3. The average Bonchev–Trinajstić information content (AvgIpc) is 3.34. The van der Waals surface area contributed by atoms with Crippen LogP contribution >= 0.6 is 0 Å². The van der Waals surface area contributed by atoms with Crippen LogP contribution in [0.25, 0.3) is 22.2 Å². The molecule has 0 unspecified atom stereocenters. The van der Waals surface area contributed by atoms with Crippen LogP contribution in [0.3, 0.4) is 0 Å². The van der Waals surface area contributed by atoms with Crippen LogP contribution in [-0.2, 0) is 4.74 Å². The van der Waals surface area contributed by atoms with Crippen molar-refractivity contribution in [3.05, 3.63) is 72.7 Å². The molecule has 0 radical (unpaired) electrons. The van der Waals surface area contributed by atoms with E-state index < -0.39 is 24.5 Å². The zero-order valence-electron chi connectivity index (χ0n) is 17.3. The lowest BCUT2D eigenvalue weighted by Gasteiger charge is -2.17. The van der Waals surface area contributed by atoms with E-state index in [1.807, 2.05) is 48.7 Å². The Bertz CT molecular complexity index is 1300. The van der Waals surface area contributed by atoms with Crippen LogP contribution in [0.5, 0.6) is 0 Å². The molecule has 3 N–H and O–H groups in total. The highest BCUT2D eigenvalue weighted by Gasteiger charge is 2.42. The highest BCUT2D eigenvalue weighted by molar-refractivity contribution is 6.02. The molecule has 1 aliphatic rings. The maximum atomic E-state index is 10.6. The van der Waals surface area contributed by atoms with Crippen LogP contribution in [0.4, 0.5) is 11.5 Å². The van der Waals surface area contributed by atoms with Gasteiger partial charge in [0.2, 0.25) is 0 Å². The van der Waals surface area contributed by atoms with Gasteiger partial charge in [0, 0.05) is 17.4 Å². The Morgan fingerprint density at radius 2 is 1.78 bits per heavy atom. The van der Waals surface area contributed by atoms with E-state index in [0.717, 1.165) is 22.2 Å². The fourth-order valence-electron chi connectivity index (χ4n) is 4.03. The number of nitrogens with one attached hydrogen (secondary N) is 1. The number of anilines is 2. The van der Waals surface area contributed by atoms with E-state index in [0.29, 0.717) is 17.0 Å². The first-order valence-electron chi connectivity index (χ1n) is 10.3. The normalized spacial score (nSPS) is 22.7. The maximum Gasteiger partial charge on any atom is 0.164 e. The summed E-state index contributed by atoms with van der Waals surface area (Å²) in [6.07, 6.45) is -0.0499. The van der Waals surface area contributed by atoms with Gasteiger partial charge in [0.1, 0.15) is 30.0 Å². The molecule has 2 aromatic carbocycles. The van der Waals surface area contributed by atoms with Crippen LogP contribution in [-0.4, -0.2) is 43.1 Å². The number of fused-ring (bicyclic) bond motifs is 1. The Kier molecular flexibility index (Phi) is 5.07. The van der Waals surface area contributed by atoms with E-state index in [9.17, 15) is 10.2 Å². The van der Waals surface area contributed by atoms with E-state index in [4.69, 9.17) is 10.00 Å². The highest BCUT2D eigenvalue weighted by Crippen LogP contribution is 2.39. The van der Waals surface area contributed by atoms with Crippen molar-refractivity contribution in [2.24, 2.45) is 0 Å². The summed E-state index contributed by atoms with van der Waals surface area (Å²) < 4.78 is 7.62. The third kappa shape index (κ3) is 3.39. The number of aliphatic hydroxyl groups excluding tert-OH is 2. The molecule has 1 saturated heterocycles. The van der Waals surface area contributed by atoms with Crippen LogP contribution in [0.2, 0.25) is 0 Å². The first kappa shape index (κ1) is 20.2. The summed E-state index contributed by atoms with van der Waals surface area (Å²) in [7, 11) is 0. The lowest BCUT2D eigenvalue weighted by atomic mass is 10.1. The van der Waals surface area contributed by atoms with E-state index in [2.05, 4.69) is 21.4 Å². The standard InChI is InChI=1S/C24H21N5O3/c1-14-20(30)21(31)24(32-14)29-12-18(16-5-3-2-4-6-16)19-22(26-13-27-23(19)29)28-17-9-7-15(11-25)8-10-17/h2-10,12-14,20-21,24,30-31H,1H3,(H,26,27,28)/t14-,20+,21+,24+/m0/s1. The molecule has 0 saturated carbocycles. The Hall–Kier alpha value is -3.77. The highest BCUT2D eigenvalue weighted by atomic mass is 16.6. The smallest absolute Gasteiger partial charge is 0.164 e. The van der Waals surface area contributed by atoms with Crippen LogP contribution in [0.15, 0.2) is 67.1 Å². The molecular formula is C24H21N5O3. The van der Waals surface area contributed by atoms with Crippen molar-refractivity contribution >= 4 is 22.5 Å². The minimum Gasteiger partial charge on any atom is -0.388 e. The fraction of sp³-hybridized carbons (Fsp3) is 0.208. The molecule has 0 amide bonds. The lowest BCUT2D eigenvalue weighted by Crippen LogP contribution is -2.30. The number of hydrogen-bond acceptors (Lipinski definition) is 7. The van der Waals surface area contributed by atoms with Crippen molar-refractivity contribution in [3.8, 4) is 17.2 Å². The number of rotatable bonds is 4. The molecule has 3 heterocycles. The van der Waals surface area contributed by atoms with Crippen LogP contribution in [0.1, 0.15) is 18.7 Å². The molecule has 4 aromatic rings. The van der Waals surface area contributed by atoms with Crippen molar-refractivity contribution in [3.63, 3.8) is 0 Å². The van der Waals surface area contributed by atoms with Crippen molar-refractivity contribution in [2.45, 2.75) is 31.5 Å². The van der Waals surface area contributed by atoms with E-state index in [-0.39, 0.29) is 0 Å². The molecule has 8 nitrogen and oxygen atoms in total. The second-order valence-corrected chi connectivity index (χ2v) is 7.76. The van der Waals surface area contributed by atoms with Crippen molar-refractivity contribution in [1.82, 2.24) is 14.5 Å². The SMILES string of the molecule is C[C@@H]1O[C@@H](n2cc(-c3ccccc3)c3c(Nc4ccc(C#N)cc4)ncnc32)[C@H](O)[C@@H]1O. The van der Waals surface area contributed by atoms with Gasteiger partial charge >= 0.3 is 0 Å². The van der Waals surface area contributed by atoms with E-state index >= 15 is 0 Å². The summed E-state index contributed by atoms with van der Waals surface area (Å²) in [4.78, 5) is 8.95. The van der Waals surface area contributed by atoms with Crippen molar-refractivity contribution in [1.29, 1.82) is 5.26 Å². The van der Waals surface area contributed by atoms with Gasteiger partial charge in [0.05, 0.1) is 23.1 Å². The average molecular weight is 427 g/mol. The van der Waals surface area contributed by atoms with Gasteiger partial charge in [0.25, 0.3) is 0 Å². The Balaban J connectivity index is 1.67. The first-order chi connectivity index (χ1) is 15.6. The molecule has 32 heavy (non-hydrogen) atoms. The number of benzene rings is 2. The number of aliphatic hydroxyl groups is 2. The van der Waals surface area contributed by atoms with Gasteiger partial charge in [-0.25, -0.2) is 9.97 Å². The minimum atomic E-state index is -1.09. The van der Waals surface area contributed by atoms with Gasteiger partial charge in [-0.1, -0.05) is 30.3 Å². The first-order valence-corrected chi connectivity index (χ1v) is 10.3. The van der Waals surface area contributed by atoms with E-state index in [1.165, 1.54) is 6.33 Å². The second-order valence-electron chi connectivity index (χ2n) is 7.76. The summed E-state index contributed by atoms with van der Waals surface area (Å²) in [5.41, 5.74) is 3.73. The largest absolute Gasteiger partial charge is 0.388 e. The Labute approximate surface area is 184 Å². The molecule has 1 fully saturated rings. The summed E-state index contributed by atoms with van der Waals surface area (Å²) in [5, 5.41) is 33.9. The second kappa shape index (κ2) is 8.05. The maximum absolute atomic E-state index is 10.6. The van der Waals surface area contributed by atoms with Gasteiger partial charge in [-0.2, -0.15) is 5.26 Å². The van der Waals surface area contributed by atoms with Crippen molar-refractivity contribution in [2.75, 3.05) is 5.32 Å². The number of nitriles is 1. The molecule has 0 spiro atoms. The summed E-state index contributed by atoms with van der Waals surface area (Å²) in [5.74, 6) is 0.582. The van der Waals surface area contributed by atoms with E-state index in [1.54, 1.807) is 23.6 Å². The predicted molar refractivity (Wildman–Crippen MR) is 119 cm³/mol. The van der Waals surface area contributed by atoms with Crippen LogP contribution < -0.4 is 5.32 Å². The fourth-order valence-corrected chi connectivity index (χ4v) is 4.03. The predicted octanol–water partition coefficient (Wildman–Crippen LogP) is 3.35.